The first-order valence-electron chi connectivity index (χ1n) is 10.1. The minimum absolute atomic E-state index is 0.0882. The molecule has 2 N–H and O–H groups in total. The van der Waals surface area contributed by atoms with E-state index in [2.05, 4.69) is 10.6 Å². The number of benzene rings is 3. The number of fused-ring (bicyclic) bond motifs is 1. The Labute approximate surface area is 170 Å². The highest BCUT2D eigenvalue weighted by atomic mass is 16.2. The summed E-state index contributed by atoms with van der Waals surface area (Å²) in [5, 5.41) is 8.26. The van der Waals surface area contributed by atoms with Gasteiger partial charge < -0.3 is 15.5 Å². The number of likely N-dealkylation sites (tertiary alicyclic amines) is 1. The predicted molar refractivity (Wildman–Crippen MR) is 117 cm³/mol. The first kappa shape index (κ1) is 19.0. The van der Waals surface area contributed by atoms with Crippen molar-refractivity contribution in [3.63, 3.8) is 0 Å². The van der Waals surface area contributed by atoms with Crippen LogP contribution in [0.15, 0.2) is 66.7 Å². The monoisotopic (exact) mass is 387 g/mol. The van der Waals surface area contributed by atoms with Gasteiger partial charge in [0.25, 0.3) is 5.91 Å². The van der Waals surface area contributed by atoms with Gasteiger partial charge in [-0.25, -0.2) is 0 Å². The second-order valence-electron chi connectivity index (χ2n) is 7.39. The summed E-state index contributed by atoms with van der Waals surface area (Å²) in [6.07, 6.45) is 3.36. The fourth-order valence-electron chi connectivity index (χ4n) is 3.66. The lowest BCUT2D eigenvalue weighted by Crippen LogP contribution is -2.35. The number of nitrogens with one attached hydrogen (secondary N) is 2. The van der Waals surface area contributed by atoms with Crippen LogP contribution in [0.1, 0.15) is 29.6 Å². The standard InChI is InChI=1S/C24H25N3O2/c28-23(26-22-13-8-18-6-2-3-7-20(18)16-22)17-25-21-11-9-19(10-12-21)24(29)27-14-4-1-5-15-27/h2-3,6-13,16,25H,1,4-5,14-15,17H2,(H,26,28). The average Bonchev–Trinajstić information content (AvgIpc) is 2.78. The van der Waals surface area contributed by atoms with E-state index in [0.29, 0.717) is 5.56 Å². The largest absolute Gasteiger partial charge is 0.376 e. The van der Waals surface area contributed by atoms with Gasteiger partial charge in [0.05, 0.1) is 6.54 Å². The van der Waals surface area contributed by atoms with Crippen LogP contribution in [0, 0.1) is 0 Å². The molecule has 29 heavy (non-hydrogen) atoms. The summed E-state index contributed by atoms with van der Waals surface area (Å²) in [5.74, 6) is -0.0287. The van der Waals surface area contributed by atoms with Gasteiger partial charge in [-0.2, -0.15) is 0 Å². The lowest BCUT2D eigenvalue weighted by atomic mass is 10.1. The lowest BCUT2D eigenvalue weighted by molar-refractivity contribution is -0.114. The third-order valence-electron chi connectivity index (χ3n) is 5.26. The Bertz CT molecular complexity index is 1010. The van der Waals surface area contributed by atoms with Gasteiger partial charge in [0.15, 0.2) is 0 Å². The van der Waals surface area contributed by atoms with Gasteiger partial charge in [0.1, 0.15) is 0 Å². The van der Waals surface area contributed by atoms with Crippen LogP contribution in [0.4, 0.5) is 11.4 Å². The molecule has 4 rings (SSSR count). The SMILES string of the molecule is O=C(CNc1ccc(C(=O)N2CCCCC2)cc1)Nc1ccc2ccccc2c1. The molecule has 0 radical (unpaired) electrons. The van der Waals surface area contributed by atoms with E-state index in [9.17, 15) is 9.59 Å². The van der Waals surface area contributed by atoms with Crippen LogP contribution in [-0.4, -0.2) is 36.3 Å². The zero-order valence-corrected chi connectivity index (χ0v) is 16.4. The third kappa shape index (κ3) is 4.74. The Morgan fingerprint density at radius 3 is 2.24 bits per heavy atom. The minimum Gasteiger partial charge on any atom is -0.376 e. The Hall–Kier alpha value is -3.34. The molecule has 1 aliphatic heterocycles. The smallest absolute Gasteiger partial charge is 0.253 e. The Balaban J connectivity index is 1.31. The number of hydrogen-bond acceptors (Lipinski definition) is 3. The van der Waals surface area contributed by atoms with Gasteiger partial charge in [-0.1, -0.05) is 30.3 Å². The number of rotatable bonds is 5. The molecule has 2 amide bonds. The van der Waals surface area contributed by atoms with Crippen LogP contribution >= 0.6 is 0 Å². The lowest BCUT2D eigenvalue weighted by Gasteiger charge is -2.26. The summed E-state index contributed by atoms with van der Waals surface area (Å²) in [4.78, 5) is 26.7. The van der Waals surface area contributed by atoms with Crippen LogP contribution in [0.5, 0.6) is 0 Å². The molecular formula is C24H25N3O2. The van der Waals surface area contributed by atoms with Crippen molar-refractivity contribution in [1.82, 2.24) is 4.90 Å². The summed E-state index contributed by atoms with van der Waals surface area (Å²) < 4.78 is 0. The van der Waals surface area contributed by atoms with Crippen molar-refractivity contribution >= 4 is 34.0 Å². The molecule has 3 aromatic carbocycles. The maximum absolute atomic E-state index is 12.5. The number of piperidine rings is 1. The van der Waals surface area contributed by atoms with E-state index in [4.69, 9.17) is 0 Å². The van der Waals surface area contributed by atoms with Crippen LogP contribution in [0.2, 0.25) is 0 Å². The molecule has 0 spiro atoms. The Kier molecular flexibility index (Phi) is 5.75. The van der Waals surface area contributed by atoms with E-state index in [1.807, 2.05) is 71.6 Å². The van der Waals surface area contributed by atoms with Crippen LogP contribution in [0.25, 0.3) is 10.8 Å². The number of hydrogen-bond donors (Lipinski definition) is 2. The number of carbonyl (C=O) groups excluding carboxylic acids is 2. The zero-order chi connectivity index (χ0) is 20.1. The molecular weight excluding hydrogens is 362 g/mol. The van der Waals surface area contributed by atoms with Crippen molar-refractivity contribution in [3.8, 4) is 0 Å². The average molecular weight is 387 g/mol. The molecule has 0 aromatic heterocycles. The fourth-order valence-corrected chi connectivity index (χ4v) is 3.66. The van der Waals surface area contributed by atoms with Crippen LogP contribution < -0.4 is 10.6 Å². The number of anilines is 2. The normalized spacial score (nSPS) is 13.9. The van der Waals surface area contributed by atoms with Gasteiger partial charge in [-0.3, -0.25) is 9.59 Å². The maximum Gasteiger partial charge on any atom is 0.253 e. The minimum atomic E-state index is -0.117. The number of amides is 2. The van der Waals surface area contributed by atoms with Crippen molar-refractivity contribution in [2.75, 3.05) is 30.3 Å². The first-order chi connectivity index (χ1) is 14.2. The fraction of sp³-hybridized carbons (Fsp3) is 0.250. The second-order valence-corrected chi connectivity index (χ2v) is 7.39. The molecule has 5 nitrogen and oxygen atoms in total. The van der Waals surface area contributed by atoms with Gasteiger partial charge in [0, 0.05) is 30.0 Å². The third-order valence-corrected chi connectivity index (χ3v) is 5.26. The molecule has 0 bridgehead atoms. The molecule has 0 aliphatic carbocycles. The highest BCUT2D eigenvalue weighted by Crippen LogP contribution is 2.19. The summed E-state index contributed by atoms with van der Waals surface area (Å²) in [6, 6.07) is 21.2. The highest BCUT2D eigenvalue weighted by molar-refractivity contribution is 5.97. The summed E-state index contributed by atoms with van der Waals surface area (Å²) >= 11 is 0. The molecule has 1 saturated heterocycles. The first-order valence-corrected chi connectivity index (χ1v) is 10.1. The van der Waals surface area contributed by atoms with E-state index in [1.54, 1.807) is 0 Å². The van der Waals surface area contributed by atoms with Gasteiger partial charge in [-0.15, -0.1) is 0 Å². The Morgan fingerprint density at radius 2 is 1.48 bits per heavy atom. The predicted octanol–water partition coefficient (Wildman–Crippen LogP) is 4.52. The molecule has 0 atom stereocenters. The molecule has 148 valence electrons. The highest BCUT2D eigenvalue weighted by Gasteiger charge is 2.17. The Morgan fingerprint density at radius 1 is 0.793 bits per heavy atom. The maximum atomic E-state index is 12.5. The van der Waals surface area contributed by atoms with E-state index < -0.39 is 0 Å². The quantitative estimate of drug-likeness (QED) is 0.677. The van der Waals surface area contributed by atoms with Gasteiger partial charge in [-0.05, 0) is 66.4 Å². The van der Waals surface area contributed by atoms with Gasteiger partial charge >= 0.3 is 0 Å². The van der Waals surface area contributed by atoms with Crippen molar-refractivity contribution in [3.05, 3.63) is 72.3 Å². The molecule has 1 aliphatic rings. The molecule has 5 heteroatoms. The van der Waals surface area contributed by atoms with Crippen LogP contribution in [-0.2, 0) is 4.79 Å². The topological polar surface area (TPSA) is 61.4 Å². The molecule has 3 aromatic rings. The van der Waals surface area contributed by atoms with E-state index in [-0.39, 0.29) is 18.4 Å². The number of nitrogens with zero attached hydrogens (tertiary/aromatic N) is 1. The van der Waals surface area contributed by atoms with Crippen molar-refractivity contribution in [1.29, 1.82) is 0 Å². The van der Waals surface area contributed by atoms with Gasteiger partial charge in [0.2, 0.25) is 5.91 Å². The van der Waals surface area contributed by atoms with Crippen molar-refractivity contribution in [2.24, 2.45) is 0 Å². The van der Waals surface area contributed by atoms with E-state index >= 15 is 0 Å². The number of carbonyl (C=O) groups is 2. The summed E-state index contributed by atoms with van der Waals surface area (Å²) in [5.41, 5.74) is 2.28. The molecule has 1 heterocycles. The summed E-state index contributed by atoms with van der Waals surface area (Å²) in [7, 11) is 0. The summed E-state index contributed by atoms with van der Waals surface area (Å²) in [6.45, 7) is 1.84. The van der Waals surface area contributed by atoms with Crippen molar-refractivity contribution < 1.29 is 9.59 Å². The molecule has 0 saturated carbocycles. The van der Waals surface area contributed by atoms with E-state index in [0.717, 1.165) is 48.1 Å². The second kappa shape index (κ2) is 8.78. The van der Waals surface area contributed by atoms with Crippen LogP contribution in [0.3, 0.4) is 0 Å². The van der Waals surface area contributed by atoms with E-state index in [1.165, 1.54) is 6.42 Å². The molecule has 1 fully saturated rings. The molecule has 0 unspecified atom stereocenters. The van der Waals surface area contributed by atoms with Crippen molar-refractivity contribution in [2.45, 2.75) is 19.3 Å². The zero-order valence-electron chi connectivity index (χ0n) is 16.4.